The molecule has 2 fully saturated rings. The molecule has 2 saturated heterocycles. The lowest BCUT2D eigenvalue weighted by molar-refractivity contribution is -0.151. The number of likely N-dealkylation sites (N-methyl/N-ethyl adjacent to an activating group) is 2. The van der Waals surface area contributed by atoms with Crippen molar-refractivity contribution in [3.05, 3.63) is 72.6 Å². The molecule has 4 heterocycles. The molecule has 2 aromatic heterocycles. The molecule has 2 aliphatic heterocycles. The van der Waals surface area contributed by atoms with Crippen LogP contribution in [0.3, 0.4) is 0 Å². The fourth-order valence-electron chi connectivity index (χ4n) is 7.49. The van der Waals surface area contributed by atoms with Gasteiger partial charge in [0.2, 0.25) is 0 Å². The number of benzene rings is 2. The third kappa shape index (κ3) is 7.26. The van der Waals surface area contributed by atoms with Gasteiger partial charge in [0.15, 0.2) is 0 Å². The van der Waals surface area contributed by atoms with Crippen LogP contribution >= 0.6 is 0 Å². The number of carbonyl (C=O) groups is 4. The predicted octanol–water partition coefficient (Wildman–Crippen LogP) is 5.15. The summed E-state index contributed by atoms with van der Waals surface area (Å²) in [7, 11) is 6.49. The molecule has 2 aliphatic rings. The largest absolute Gasteiger partial charge is 0.465 e. The molecule has 0 saturated carbocycles. The lowest BCUT2D eigenvalue weighted by atomic mass is 10.0. The van der Waals surface area contributed by atoms with E-state index in [1.54, 1.807) is 36.3 Å². The summed E-state index contributed by atoms with van der Waals surface area (Å²) in [6.45, 7) is 4.88. The molecule has 0 bridgehead atoms. The number of aromatic amines is 2. The number of hydrogen-bond acceptors (Lipinski definition) is 8. The highest BCUT2D eigenvalue weighted by atomic mass is 16.4. The van der Waals surface area contributed by atoms with Gasteiger partial charge in [-0.15, -0.1) is 0 Å². The number of imidazole rings is 2. The zero-order valence-electron chi connectivity index (χ0n) is 31.4. The van der Waals surface area contributed by atoms with Gasteiger partial charge in [-0.1, -0.05) is 62.4 Å². The number of amides is 4. The molecule has 4 N–H and O–H groups in total. The number of nitrogens with one attached hydrogen (secondary N) is 2. The van der Waals surface area contributed by atoms with Crippen molar-refractivity contribution in [1.82, 2.24) is 49.8 Å². The molecule has 4 atom stereocenters. The first-order valence-corrected chi connectivity index (χ1v) is 18.1. The lowest BCUT2D eigenvalue weighted by Gasteiger charge is -2.34. The molecule has 2 aromatic carbocycles. The van der Waals surface area contributed by atoms with Gasteiger partial charge < -0.3 is 20.2 Å². The third-order valence-corrected chi connectivity index (χ3v) is 10.7. The summed E-state index contributed by atoms with van der Waals surface area (Å²) in [4.78, 5) is 68.5. The zero-order chi connectivity index (χ0) is 38.8. The van der Waals surface area contributed by atoms with Gasteiger partial charge in [-0.3, -0.25) is 29.4 Å². The second-order valence-electron chi connectivity index (χ2n) is 13.9. The fraction of sp³-hybridized carbons (Fsp3) is 0.421. The fourth-order valence-corrected chi connectivity index (χ4v) is 7.49. The Labute approximate surface area is 313 Å². The number of nitrogens with zero attached hydrogens (tertiary/aromatic N) is 8. The number of hydrogen-bond donors (Lipinski definition) is 4. The minimum absolute atomic E-state index is 0.276. The molecule has 4 amide bonds. The van der Waals surface area contributed by atoms with E-state index < -0.39 is 24.3 Å². The van der Waals surface area contributed by atoms with E-state index in [-0.39, 0.29) is 23.9 Å². The summed E-state index contributed by atoms with van der Waals surface area (Å²) in [5.41, 5.74) is 5.55. The van der Waals surface area contributed by atoms with Gasteiger partial charge in [-0.2, -0.15) is 0 Å². The molecular weight excluding hydrogens is 692 g/mol. The first kappa shape index (κ1) is 38.0. The highest BCUT2D eigenvalue weighted by Gasteiger charge is 2.42. The Morgan fingerprint density at radius 1 is 0.667 bits per heavy atom. The molecule has 0 radical (unpaired) electrons. The normalized spacial score (nSPS) is 18.9. The van der Waals surface area contributed by atoms with E-state index in [9.17, 15) is 29.4 Å². The van der Waals surface area contributed by atoms with E-state index in [1.807, 2.05) is 72.6 Å². The van der Waals surface area contributed by atoms with Crippen molar-refractivity contribution in [3.63, 3.8) is 0 Å². The van der Waals surface area contributed by atoms with Crippen LogP contribution in [0.4, 0.5) is 9.59 Å². The van der Waals surface area contributed by atoms with Crippen LogP contribution in [0.2, 0.25) is 0 Å². The van der Waals surface area contributed by atoms with Crippen LogP contribution in [0.5, 0.6) is 0 Å². The Bertz CT molecular complexity index is 1840. The van der Waals surface area contributed by atoms with Gasteiger partial charge in [0.1, 0.15) is 35.8 Å². The summed E-state index contributed by atoms with van der Waals surface area (Å²) in [6.07, 6.45) is 3.27. The van der Waals surface area contributed by atoms with E-state index in [0.717, 1.165) is 43.4 Å². The van der Waals surface area contributed by atoms with Crippen molar-refractivity contribution in [2.45, 2.75) is 63.7 Å². The minimum atomic E-state index is -1.15. The maximum Gasteiger partial charge on any atom is 0.407 e. The van der Waals surface area contributed by atoms with Crippen LogP contribution in [0.1, 0.15) is 63.3 Å². The van der Waals surface area contributed by atoms with Crippen molar-refractivity contribution in [2.24, 2.45) is 0 Å². The Morgan fingerprint density at radius 2 is 1.00 bits per heavy atom. The van der Waals surface area contributed by atoms with Crippen LogP contribution in [0.15, 0.2) is 60.9 Å². The highest BCUT2D eigenvalue weighted by molar-refractivity contribution is 5.86. The second kappa shape index (κ2) is 15.7. The van der Waals surface area contributed by atoms with Crippen molar-refractivity contribution in [3.8, 4) is 33.6 Å². The van der Waals surface area contributed by atoms with E-state index >= 15 is 0 Å². The number of H-pyrrole nitrogens is 2. The van der Waals surface area contributed by atoms with E-state index in [2.05, 4.69) is 19.9 Å². The summed E-state index contributed by atoms with van der Waals surface area (Å²) in [5, 5.41) is 25.9. The van der Waals surface area contributed by atoms with Gasteiger partial charge in [0.25, 0.3) is 11.8 Å². The molecule has 0 aliphatic carbocycles. The minimum Gasteiger partial charge on any atom is -0.465 e. The molecule has 6 rings (SSSR count). The number of carbonyl (C=O) groups excluding carboxylic acids is 2. The van der Waals surface area contributed by atoms with Crippen LogP contribution in [0.25, 0.3) is 33.6 Å². The molecular formula is C38H48N10O6. The van der Waals surface area contributed by atoms with E-state index in [0.29, 0.717) is 50.4 Å². The molecule has 0 spiro atoms. The van der Waals surface area contributed by atoms with Gasteiger partial charge in [0, 0.05) is 41.3 Å². The topological polar surface area (TPSA) is 186 Å². The van der Waals surface area contributed by atoms with Crippen LogP contribution in [-0.4, -0.2) is 137 Å². The maximum absolute atomic E-state index is 13.5. The monoisotopic (exact) mass is 740 g/mol. The molecule has 16 nitrogen and oxygen atoms in total. The SMILES string of the molecule is CC[C@@H](C(=O)N1[C@H](c2ncc(-c3ccc(-c4ccc(-c5cnc([C@@H]6CCN(C)N6C(=O)[C@H](CC)N(C)C(=O)O)[nH]5)cc4)cc3)[nH]2)CCN1C)N(C)C(=O)O. The van der Waals surface area contributed by atoms with Crippen molar-refractivity contribution in [1.29, 1.82) is 0 Å². The summed E-state index contributed by atoms with van der Waals surface area (Å²) >= 11 is 0. The van der Waals surface area contributed by atoms with Crippen LogP contribution in [-0.2, 0) is 9.59 Å². The van der Waals surface area contributed by atoms with E-state index in [1.165, 1.54) is 14.1 Å². The standard InChI is InChI=1S/C38H48N10O6/c1-7-29(45(5)37(51)52)35(49)47-31(17-19-43(47)3)33-39-21-27(41-33)25-13-9-23(10-14-25)24-11-15-26(16-12-24)28-22-40-34(42-28)32-18-20-44(4)48(32)36(50)30(8-2)46(6)38(53)54/h9-16,21-22,29-32H,7-8,17-20H2,1-6H3,(H,39,41)(H,40,42)(H,51,52)(H,53,54)/t29-,30-,31-,32-/m0/s1. The lowest BCUT2D eigenvalue weighted by Crippen LogP contribution is -2.52. The zero-order valence-corrected chi connectivity index (χ0v) is 31.4. The van der Waals surface area contributed by atoms with Crippen LogP contribution < -0.4 is 0 Å². The molecule has 286 valence electrons. The van der Waals surface area contributed by atoms with Gasteiger partial charge in [-0.25, -0.2) is 29.6 Å². The molecule has 16 heteroatoms. The Balaban J connectivity index is 1.13. The number of aromatic nitrogens is 4. The highest BCUT2D eigenvalue weighted by Crippen LogP contribution is 2.35. The maximum atomic E-state index is 13.5. The first-order valence-electron chi connectivity index (χ1n) is 18.1. The number of hydrazine groups is 2. The molecule has 4 aromatic rings. The summed E-state index contributed by atoms with van der Waals surface area (Å²) < 4.78 is 0. The quantitative estimate of drug-likeness (QED) is 0.160. The van der Waals surface area contributed by atoms with Crippen molar-refractivity contribution in [2.75, 3.05) is 41.3 Å². The molecule has 54 heavy (non-hydrogen) atoms. The average Bonchev–Trinajstić information content (AvgIpc) is 3.99. The average molecular weight is 741 g/mol. The second-order valence-corrected chi connectivity index (χ2v) is 13.9. The van der Waals surface area contributed by atoms with Crippen molar-refractivity contribution >= 4 is 24.0 Å². The van der Waals surface area contributed by atoms with Gasteiger partial charge in [-0.05, 0) is 47.9 Å². The predicted molar refractivity (Wildman–Crippen MR) is 200 cm³/mol. The number of carboxylic acid groups (broad SMARTS) is 2. The van der Waals surface area contributed by atoms with E-state index in [4.69, 9.17) is 0 Å². The molecule has 0 unspecified atom stereocenters. The number of rotatable bonds is 11. The third-order valence-electron chi connectivity index (χ3n) is 10.7. The Kier molecular flexibility index (Phi) is 11.0. The van der Waals surface area contributed by atoms with Crippen molar-refractivity contribution < 1.29 is 29.4 Å². The summed E-state index contributed by atoms with van der Waals surface area (Å²) in [5.74, 6) is 0.739. The van der Waals surface area contributed by atoms with Gasteiger partial charge >= 0.3 is 12.2 Å². The van der Waals surface area contributed by atoms with Gasteiger partial charge in [0.05, 0.1) is 23.8 Å². The summed E-state index contributed by atoms with van der Waals surface area (Å²) in [6, 6.07) is 14.0. The smallest absolute Gasteiger partial charge is 0.407 e. The Morgan fingerprint density at radius 3 is 1.31 bits per heavy atom. The first-order chi connectivity index (χ1) is 25.8. The Hall–Kier alpha value is -5.74. The van der Waals surface area contributed by atoms with Crippen LogP contribution in [0, 0.1) is 0 Å².